The molecule has 1 aliphatic rings. The van der Waals surface area contributed by atoms with Crippen LogP contribution in [0.25, 0.3) is 6.08 Å². The fourth-order valence-electron chi connectivity index (χ4n) is 2.57. The highest BCUT2D eigenvalue weighted by molar-refractivity contribution is 7.10. The van der Waals surface area contributed by atoms with Crippen molar-refractivity contribution in [3.63, 3.8) is 0 Å². The zero-order chi connectivity index (χ0) is 17.2. The molecule has 24 heavy (non-hydrogen) atoms. The lowest BCUT2D eigenvalue weighted by Gasteiger charge is -2.25. The predicted octanol–water partition coefficient (Wildman–Crippen LogP) is 2.79. The Labute approximate surface area is 140 Å². The van der Waals surface area contributed by atoms with Gasteiger partial charge in [0.15, 0.2) is 5.82 Å². The van der Waals surface area contributed by atoms with E-state index in [2.05, 4.69) is 15.5 Å². The van der Waals surface area contributed by atoms with E-state index >= 15 is 0 Å². The maximum absolute atomic E-state index is 12.8. The summed E-state index contributed by atoms with van der Waals surface area (Å²) in [4.78, 5) is 12.7. The zero-order valence-corrected chi connectivity index (χ0v) is 13.4. The van der Waals surface area contributed by atoms with Crippen molar-refractivity contribution in [1.82, 2.24) is 20.1 Å². The number of hydrogen-bond acceptors (Lipinski definition) is 4. The van der Waals surface area contributed by atoms with Crippen LogP contribution in [-0.2, 0) is 24.3 Å². The summed E-state index contributed by atoms with van der Waals surface area (Å²) < 4.78 is 40.0. The maximum atomic E-state index is 12.8. The molecule has 2 aromatic rings. The zero-order valence-electron chi connectivity index (χ0n) is 12.6. The van der Waals surface area contributed by atoms with E-state index in [0.29, 0.717) is 11.6 Å². The molecule has 0 aromatic carbocycles. The van der Waals surface area contributed by atoms with Gasteiger partial charge in [0.2, 0.25) is 5.91 Å². The van der Waals surface area contributed by atoms with E-state index in [1.807, 2.05) is 17.5 Å². The van der Waals surface area contributed by atoms with E-state index in [1.54, 1.807) is 10.6 Å². The van der Waals surface area contributed by atoms with Gasteiger partial charge in [-0.15, -0.1) is 21.5 Å². The minimum absolute atomic E-state index is 0.00771. The second-order valence-electron chi connectivity index (χ2n) is 5.48. The Kier molecular flexibility index (Phi) is 4.70. The van der Waals surface area contributed by atoms with Gasteiger partial charge in [-0.25, -0.2) is 0 Å². The number of amides is 1. The van der Waals surface area contributed by atoms with Crippen LogP contribution in [0.1, 0.15) is 22.9 Å². The first-order valence-corrected chi connectivity index (χ1v) is 8.28. The molecular weight excluding hydrogens is 341 g/mol. The van der Waals surface area contributed by atoms with Crippen LogP contribution in [0.2, 0.25) is 0 Å². The Morgan fingerprint density at radius 2 is 2.29 bits per heavy atom. The average molecular weight is 356 g/mol. The number of hydrogen-bond donors (Lipinski definition) is 1. The number of nitrogens with one attached hydrogen (secondary N) is 1. The summed E-state index contributed by atoms with van der Waals surface area (Å²) >= 11 is 1.52. The number of nitrogens with zero attached hydrogens (tertiary/aromatic N) is 3. The van der Waals surface area contributed by atoms with Crippen molar-refractivity contribution in [2.24, 2.45) is 5.92 Å². The predicted molar refractivity (Wildman–Crippen MR) is 83.1 cm³/mol. The summed E-state index contributed by atoms with van der Waals surface area (Å²) in [5.41, 5.74) is 0. The molecule has 1 N–H and O–H groups in total. The van der Waals surface area contributed by atoms with Crippen molar-refractivity contribution in [3.8, 4) is 0 Å². The molecule has 0 saturated carbocycles. The molecular formula is C15H15F3N4OS. The molecule has 0 radical (unpaired) electrons. The van der Waals surface area contributed by atoms with E-state index < -0.39 is 12.1 Å². The van der Waals surface area contributed by atoms with Crippen LogP contribution in [-0.4, -0.2) is 26.8 Å². The highest BCUT2D eigenvalue weighted by Crippen LogP contribution is 2.34. The molecule has 3 heterocycles. The minimum atomic E-state index is -4.21. The van der Waals surface area contributed by atoms with Crippen LogP contribution in [0, 0.1) is 5.92 Å². The summed E-state index contributed by atoms with van der Waals surface area (Å²) in [7, 11) is 0. The number of carbonyl (C=O) groups excluding carboxylic acids is 1. The maximum Gasteiger partial charge on any atom is 0.392 e. The summed E-state index contributed by atoms with van der Waals surface area (Å²) in [5.74, 6) is -0.861. The van der Waals surface area contributed by atoms with E-state index in [-0.39, 0.29) is 31.8 Å². The molecule has 1 amide bonds. The van der Waals surface area contributed by atoms with E-state index in [4.69, 9.17) is 0 Å². The molecule has 9 heteroatoms. The van der Waals surface area contributed by atoms with E-state index in [0.717, 1.165) is 4.88 Å². The van der Waals surface area contributed by atoms with Gasteiger partial charge in [-0.3, -0.25) is 4.79 Å². The van der Waals surface area contributed by atoms with Crippen molar-refractivity contribution in [2.45, 2.75) is 32.1 Å². The third kappa shape index (κ3) is 3.84. The number of aromatic nitrogens is 3. The molecule has 0 fully saturated rings. The van der Waals surface area contributed by atoms with Gasteiger partial charge in [-0.2, -0.15) is 13.2 Å². The SMILES string of the molecule is O=C(/C=C/c1cccs1)NCc1nnc2n1CCC(C(F)(F)F)C2. The lowest BCUT2D eigenvalue weighted by atomic mass is 9.97. The highest BCUT2D eigenvalue weighted by atomic mass is 32.1. The summed E-state index contributed by atoms with van der Waals surface area (Å²) in [5, 5.41) is 12.3. The van der Waals surface area contributed by atoms with Gasteiger partial charge in [-0.05, 0) is 23.9 Å². The number of halogens is 3. The van der Waals surface area contributed by atoms with Crippen molar-refractivity contribution in [1.29, 1.82) is 0 Å². The first kappa shape index (κ1) is 16.7. The molecule has 0 saturated heterocycles. The minimum Gasteiger partial charge on any atom is -0.345 e. The molecule has 0 bridgehead atoms. The lowest BCUT2D eigenvalue weighted by Crippen LogP contribution is -2.32. The van der Waals surface area contributed by atoms with E-state index in [1.165, 1.54) is 17.4 Å². The van der Waals surface area contributed by atoms with Gasteiger partial charge in [0, 0.05) is 23.9 Å². The topological polar surface area (TPSA) is 59.8 Å². The molecule has 5 nitrogen and oxygen atoms in total. The molecule has 0 aliphatic carbocycles. The monoisotopic (exact) mass is 356 g/mol. The quantitative estimate of drug-likeness (QED) is 0.857. The smallest absolute Gasteiger partial charge is 0.345 e. The number of thiophene rings is 1. The van der Waals surface area contributed by atoms with Crippen LogP contribution in [0.5, 0.6) is 0 Å². The van der Waals surface area contributed by atoms with Gasteiger partial charge in [0.05, 0.1) is 12.5 Å². The first-order chi connectivity index (χ1) is 11.4. The number of alkyl halides is 3. The van der Waals surface area contributed by atoms with Gasteiger partial charge in [0.25, 0.3) is 0 Å². The molecule has 1 aliphatic heterocycles. The second kappa shape index (κ2) is 6.76. The highest BCUT2D eigenvalue weighted by Gasteiger charge is 2.42. The third-order valence-electron chi connectivity index (χ3n) is 3.86. The molecule has 3 rings (SSSR count). The Morgan fingerprint density at radius 3 is 3.00 bits per heavy atom. The summed E-state index contributed by atoms with van der Waals surface area (Å²) in [6.07, 6.45) is -1.25. The summed E-state index contributed by atoms with van der Waals surface area (Å²) in [6, 6.07) is 3.78. The molecule has 128 valence electrons. The normalized spacial score (nSPS) is 17.9. The van der Waals surface area contributed by atoms with Crippen molar-refractivity contribution in [3.05, 3.63) is 40.1 Å². The number of fused-ring (bicyclic) bond motifs is 1. The third-order valence-corrected chi connectivity index (χ3v) is 4.70. The van der Waals surface area contributed by atoms with Crippen LogP contribution >= 0.6 is 11.3 Å². The van der Waals surface area contributed by atoms with Gasteiger partial charge >= 0.3 is 6.18 Å². The fraction of sp³-hybridized carbons (Fsp3) is 0.400. The molecule has 0 spiro atoms. The van der Waals surface area contributed by atoms with Crippen LogP contribution < -0.4 is 5.32 Å². The Balaban J connectivity index is 1.58. The number of rotatable bonds is 4. The second-order valence-corrected chi connectivity index (χ2v) is 6.46. The van der Waals surface area contributed by atoms with Crippen molar-refractivity contribution in [2.75, 3.05) is 0 Å². The van der Waals surface area contributed by atoms with Crippen LogP contribution in [0.3, 0.4) is 0 Å². The standard InChI is InChI=1S/C15H15F3N4OS/c16-15(17,18)10-5-6-22-12(8-10)20-21-13(22)9-19-14(23)4-3-11-2-1-7-24-11/h1-4,7,10H,5-6,8-9H2,(H,19,23)/b4-3+. The Bertz CT molecular complexity index is 736. The van der Waals surface area contributed by atoms with Gasteiger partial charge in [0.1, 0.15) is 5.82 Å². The molecule has 1 atom stereocenters. The lowest BCUT2D eigenvalue weighted by molar-refractivity contribution is -0.179. The summed E-state index contributed by atoms with van der Waals surface area (Å²) in [6.45, 7) is 0.347. The number of carbonyl (C=O) groups is 1. The molecule has 1 unspecified atom stereocenters. The van der Waals surface area contributed by atoms with Crippen molar-refractivity contribution < 1.29 is 18.0 Å². The molecule has 2 aromatic heterocycles. The fourth-order valence-corrected chi connectivity index (χ4v) is 3.19. The Morgan fingerprint density at radius 1 is 1.46 bits per heavy atom. The van der Waals surface area contributed by atoms with Crippen LogP contribution in [0.15, 0.2) is 23.6 Å². The van der Waals surface area contributed by atoms with Gasteiger partial charge < -0.3 is 9.88 Å². The van der Waals surface area contributed by atoms with Crippen molar-refractivity contribution >= 4 is 23.3 Å². The average Bonchev–Trinajstić information content (AvgIpc) is 3.19. The van der Waals surface area contributed by atoms with Gasteiger partial charge in [-0.1, -0.05) is 6.07 Å². The van der Waals surface area contributed by atoms with Crippen LogP contribution in [0.4, 0.5) is 13.2 Å². The largest absolute Gasteiger partial charge is 0.392 e. The van der Waals surface area contributed by atoms with E-state index in [9.17, 15) is 18.0 Å². The first-order valence-electron chi connectivity index (χ1n) is 7.40. The Hall–Kier alpha value is -2.16.